The summed E-state index contributed by atoms with van der Waals surface area (Å²) in [6.07, 6.45) is 4.45. The number of thiophene rings is 1. The summed E-state index contributed by atoms with van der Waals surface area (Å²) in [4.78, 5) is 31.1. The Morgan fingerprint density at radius 2 is 2.03 bits per heavy atom. The van der Waals surface area contributed by atoms with E-state index in [4.69, 9.17) is 0 Å². The number of hydrogen-bond donors (Lipinski definition) is 2. The Kier molecular flexibility index (Phi) is 5.76. The zero-order valence-corrected chi connectivity index (χ0v) is 18.9. The third-order valence-corrected chi connectivity index (χ3v) is 7.30. The second-order valence-electron chi connectivity index (χ2n) is 8.42. The number of hydrogen-bond acceptors (Lipinski definition) is 5. The molecule has 5 rings (SSSR count). The molecule has 164 valence electrons. The van der Waals surface area contributed by atoms with E-state index in [2.05, 4.69) is 45.9 Å². The van der Waals surface area contributed by atoms with Crippen molar-refractivity contribution < 1.29 is 4.79 Å². The third-order valence-electron chi connectivity index (χ3n) is 6.13. The van der Waals surface area contributed by atoms with Crippen molar-refractivity contribution in [3.05, 3.63) is 75.1 Å². The summed E-state index contributed by atoms with van der Waals surface area (Å²) in [6, 6.07) is 15.0. The van der Waals surface area contributed by atoms with Crippen LogP contribution in [0.2, 0.25) is 0 Å². The van der Waals surface area contributed by atoms with E-state index in [-0.39, 0.29) is 11.5 Å². The van der Waals surface area contributed by atoms with E-state index < -0.39 is 0 Å². The van der Waals surface area contributed by atoms with Crippen LogP contribution in [0.25, 0.3) is 21.0 Å². The molecule has 0 radical (unpaired) electrons. The first-order valence-corrected chi connectivity index (χ1v) is 11.9. The van der Waals surface area contributed by atoms with Crippen molar-refractivity contribution in [1.82, 2.24) is 20.2 Å². The number of aromatic nitrogens is 2. The van der Waals surface area contributed by atoms with Crippen LogP contribution in [0.1, 0.15) is 29.3 Å². The quantitative estimate of drug-likeness (QED) is 0.446. The van der Waals surface area contributed by atoms with Gasteiger partial charge in [0.05, 0.1) is 18.3 Å². The average Bonchev–Trinajstić information content (AvgIpc) is 3.17. The normalized spacial score (nSPS) is 15.7. The Labute approximate surface area is 190 Å². The molecule has 1 amide bonds. The molecule has 2 aromatic carbocycles. The maximum Gasteiger partial charge on any atom is 0.262 e. The van der Waals surface area contributed by atoms with Crippen LogP contribution < -0.4 is 16.2 Å². The van der Waals surface area contributed by atoms with Gasteiger partial charge in [-0.1, -0.05) is 36.4 Å². The van der Waals surface area contributed by atoms with Crippen LogP contribution in [0.15, 0.2) is 53.6 Å². The number of carbonyl (C=O) groups excluding carboxylic acids is 1. The number of benzene rings is 2. The van der Waals surface area contributed by atoms with Gasteiger partial charge in [-0.2, -0.15) is 0 Å². The molecule has 0 fully saturated rings. The summed E-state index contributed by atoms with van der Waals surface area (Å²) >= 11 is 1.64. The Morgan fingerprint density at radius 3 is 2.88 bits per heavy atom. The van der Waals surface area contributed by atoms with Crippen molar-refractivity contribution in [3.63, 3.8) is 0 Å². The number of aryl methyl sites for hydroxylation is 1. The highest BCUT2D eigenvalue weighted by atomic mass is 32.1. The fourth-order valence-electron chi connectivity index (χ4n) is 4.54. The lowest BCUT2D eigenvalue weighted by Gasteiger charge is -2.23. The first-order valence-electron chi connectivity index (χ1n) is 11.0. The van der Waals surface area contributed by atoms with Gasteiger partial charge in [0.2, 0.25) is 5.91 Å². The number of amides is 1. The predicted molar refractivity (Wildman–Crippen MR) is 129 cm³/mol. The Bertz CT molecular complexity index is 1360. The van der Waals surface area contributed by atoms with Gasteiger partial charge in [0.15, 0.2) is 0 Å². The number of nitrogens with zero attached hydrogens (tertiary/aromatic N) is 2. The molecule has 1 aliphatic carbocycles. The summed E-state index contributed by atoms with van der Waals surface area (Å²) in [5, 5.41) is 9.51. The van der Waals surface area contributed by atoms with E-state index in [0.29, 0.717) is 19.1 Å². The van der Waals surface area contributed by atoms with Gasteiger partial charge in [-0.25, -0.2) is 4.98 Å². The van der Waals surface area contributed by atoms with Crippen molar-refractivity contribution in [2.45, 2.75) is 38.8 Å². The van der Waals surface area contributed by atoms with Crippen molar-refractivity contribution in [1.29, 1.82) is 0 Å². The summed E-state index contributed by atoms with van der Waals surface area (Å²) in [7, 11) is 0. The summed E-state index contributed by atoms with van der Waals surface area (Å²) < 4.78 is 1.73. The molecule has 1 unspecified atom stereocenters. The molecule has 2 heterocycles. The molecule has 0 spiro atoms. The van der Waals surface area contributed by atoms with Crippen molar-refractivity contribution in [2.24, 2.45) is 0 Å². The monoisotopic (exact) mass is 446 g/mol. The van der Waals surface area contributed by atoms with Crippen LogP contribution >= 0.6 is 11.3 Å². The van der Waals surface area contributed by atoms with Crippen LogP contribution in [-0.4, -0.2) is 34.6 Å². The van der Waals surface area contributed by atoms with E-state index in [9.17, 15) is 9.59 Å². The lowest BCUT2D eigenvalue weighted by atomic mass is 9.93. The van der Waals surface area contributed by atoms with Gasteiger partial charge in [0.25, 0.3) is 5.56 Å². The summed E-state index contributed by atoms with van der Waals surface area (Å²) in [5.74, 6) is -0.00622. The second kappa shape index (κ2) is 8.84. The highest BCUT2D eigenvalue weighted by Crippen LogP contribution is 2.33. The lowest BCUT2D eigenvalue weighted by molar-refractivity contribution is -0.118. The topological polar surface area (TPSA) is 76.0 Å². The van der Waals surface area contributed by atoms with Crippen LogP contribution in [0.3, 0.4) is 0 Å². The number of nitrogens with one attached hydrogen (secondary N) is 2. The summed E-state index contributed by atoms with van der Waals surface area (Å²) in [6.45, 7) is 3.43. The van der Waals surface area contributed by atoms with E-state index in [1.165, 1.54) is 28.1 Å². The van der Waals surface area contributed by atoms with E-state index >= 15 is 0 Å². The maximum absolute atomic E-state index is 13.4. The molecule has 6 nitrogen and oxygen atoms in total. The van der Waals surface area contributed by atoms with Crippen molar-refractivity contribution in [3.8, 4) is 0 Å². The maximum atomic E-state index is 13.4. The fourth-order valence-corrected chi connectivity index (χ4v) is 5.79. The van der Waals surface area contributed by atoms with Gasteiger partial charge >= 0.3 is 0 Å². The zero-order valence-electron chi connectivity index (χ0n) is 18.1. The van der Waals surface area contributed by atoms with Crippen LogP contribution in [0, 0.1) is 0 Å². The van der Waals surface area contributed by atoms with Gasteiger partial charge in [-0.3, -0.25) is 14.2 Å². The van der Waals surface area contributed by atoms with Crippen molar-refractivity contribution in [2.75, 3.05) is 13.1 Å². The molecule has 4 aromatic rings. The zero-order chi connectivity index (χ0) is 22.1. The minimum atomic E-state index is -0.00622. The highest BCUT2D eigenvalue weighted by molar-refractivity contribution is 7.18. The molecule has 0 saturated carbocycles. The molecule has 1 aliphatic rings. The Hall–Kier alpha value is -3.03. The molecular formula is C25H26N4O2S. The first kappa shape index (κ1) is 20.8. The van der Waals surface area contributed by atoms with Crippen LogP contribution in [0.5, 0.6) is 0 Å². The van der Waals surface area contributed by atoms with Gasteiger partial charge < -0.3 is 10.6 Å². The molecule has 0 saturated heterocycles. The number of rotatable bonds is 6. The highest BCUT2D eigenvalue weighted by Gasteiger charge is 2.25. The minimum Gasteiger partial charge on any atom is -0.355 e. The second-order valence-corrected chi connectivity index (χ2v) is 9.50. The molecule has 32 heavy (non-hydrogen) atoms. The Balaban J connectivity index is 1.36. The molecule has 2 N–H and O–H groups in total. The van der Waals surface area contributed by atoms with Crippen LogP contribution in [0.4, 0.5) is 0 Å². The molecule has 1 atom stereocenters. The lowest BCUT2D eigenvalue weighted by Crippen LogP contribution is -2.39. The molecule has 0 aliphatic heterocycles. The molecule has 7 heteroatoms. The first-order chi connectivity index (χ1) is 15.6. The predicted octanol–water partition coefficient (Wildman–Crippen LogP) is 3.24. The smallest absolute Gasteiger partial charge is 0.262 e. The van der Waals surface area contributed by atoms with E-state index in [1.807, 2.05) is 12.1 Å². The largest absolute Gasteiger partial charge is 0.355 e. The minimum absolute atomic E-state index is 0.00622. The Morgan fingerprint density at radius 1 is 1.19 bits per heavy atom. The average molecular weight is 447 g/mol. The molecule has 0 bridgehead atoms. The van der Waals surface area contributed by atoms with Gasteiger partial charge in [0.1, 0.15) is 4.83 Å². The van der Waals surface area contributed by atoms with Gasteiger partial charge in [-0.05, 0) is 47.2 Å². The van der Waals surface area contributed by atoms with Crippen molar-refractivity contribution >= 4 is 38.2 Å². The number of carbonyl (C=O) groups is 1. The van der Waals surface area contributed by atoms with E-state index in [0.717, 1.165) is 41.6 Å². The summed E-state index contributed by atoms with van der Waals surface area (Å²) in [5.41, 5.74) is 2.33. The number of fused-ring (bicyclic) bond motifs is 4. The molecule has 2 aromatic heterocycles. The standard InChI is InChI=1S/C25H26N4O2S/c1-16(30)26-10-11-27-20-8-9-21-22(13-20)32-24-23(21)25(31)29(15-28-24)14-17-6-7-18-4-2-3-5-19(18)12-17/h2-7,12,15,20,27H,8-11,13-14H2,1H3,(H,26,30). The van der Waals surface area contributed by atoms with Gasteiger partial charge in [-0.15, -0.1) is 11.3 Å². The van der Waals surface area contributed by atoms with Crippen LogP contribution in [-0.2, 0) is 24.2 Å². The third kappa shape index (κ3) is 4.18. The SMILES string of the molecule is CC(=O)NCCNC1CCc2c(sc3ncn(Cc4ccc5ccccc5c4)c(=O)c23)C1. The molecular weight excluding hydrogens is 420 g/mol. The van der Waals surface area contributed by atoms with Gasteiger partial charge in [0, 0.05) is 30.9 Å². The van der Waals surface area contributed by atoms with E-state index in [1.54, 1.807) is 22.2 Å². The fraction of sp³-hybridized carbons (Fsp3) is 0.320.